The van der Waals surface area contributed by atoms with Gasteiger partial charge < -0.3 is 5.32 Å². The number of piperidine rings is 2. The summed E-state index contributed by atoms with van der Waals surface area (Å²) in [7, 11) is -2.97. The van der Waals surface area contributed by atoms with Gasteiger partial charge in [-0.2, -0.15) is 0 Å². The monoisotopic (exact) mass is 232 g/mol. The van der Waals surface area contributed by atoms with Gasteiger partial charge in [-0.3, -0.25) is 0 Å². The summed E-state index contributed by atoms with van der Waals surface area (Å²) in [6.07, 6.45) is 1.91. The van der Waals surface area contributed by atoms with Crippen molar-refractivity contribution in [1.29, 1.82) is 0 Å². The van der Waals surface area contributed by atoms with Crippen molar-refractivity contribution in [3.8, 4) is 0 Å². The summed E-state index contributed by atoms with van der Waals surface area (Å²) in [6.45, 7) is 5.34. The van der Waals surface area contributed by atoms with Crippen LogP contribution in [0.25, 0.3) is 0 Å². The minimum absolute atomic E-state index is 0.305. The van der Waals surface area contributed by atoms with Crippen molar-refractivity contribution in [2.75, 3.05) is 31.9 Å². The third-order valence-electron chi connectivity index (χ3n) is 3.31. The van der Waals surface area contributed by atoms with Crippen LogP contribution in [0.1, 0.15) is 19.8 Å². The zero-order valence-electron chi connectivity index (χ0n) is 9.28. The van der Waals surface area contributed by atoms with Crippen LogP contribution in [0.2, 0.25) is 0 Å². The Morgan fingerprint density at radius 2 is 1.87 bits per heavy atom. The maximum Gasteiger partial charge on any atom is 0.214 e. The lowest BCUT2D eigenvalue weighted by atomic mass is 9.87. The van der Waals surface area contributed by atoms with E-state index in [-0.39, 0.29) is 0 Å². The van der Waals surface area contributed by atoms with Crippen molar-refractivity contribution < 1.29 is 8.42 Å². The summed E-state index contributed by atoms with van der Waals surface area (Å²) in [4.78, 5) is 0. The molecule has 0 aromatic rings. The quantitative estimate of drug-likeness (QED) is 0.760. The molecule has 2 aliphatic rings. The molecule has 2 rings (SSSR count). The molecule has 0 radical (unpaired) electrons. The molecule has 0 aliphatic carbocycles. The number of hydrogen-bond donors (Lipinski definition) is 1. The average molecular weight is 232 g/mol. The summed E-state index contributed by atoms with van der Waals surface area (Å²) >= 11 is 0. The Morgan fingerprint density at radius 3 is 2.40 bits per heavy atom. The molecule has 0 saturated carbocycles. The van der Waals surface area contributed by atoms with E-state index in [1.54, 1.807) is 4.31 Å². The van der Waals surface area contributed by atoms with Crippen LogP contribution in [0.3, 0.4) is 0 Å². The summed E-state index contributed by atoms with van der Waals surface area (Å²) in [6, 6.07) is 0. The second-order valence-corrected chi connectivity index (χ2v) is 6.85. The molecule has 2 aliphatic heterocycles. The van der Waals surface area contributed by atoms with E-state index in [0.29, 0.717) is 24.0 Å². The van der Waals surface area contributed by atoms with Crippen molar-refractivity contribution in [3.63, 3.8) is 0 Å². The Hall–Kier alpha value is -0.130. The Labute approximate surface area is 92.1 Å². The van der Waals surface area contributed by atoms with E-state index in [1.807, 2.05) is 6.92 Å². The first-order valence-electron chi connectivity index (χ1n) is 5.80. The molecule has 0 aromatic carbocycles. The maximum atomic E-state index is 11.9. The Balaban J connectivity index is 2.05. The lowest BCUT2D eigenvalue weighted by molar-refractivity contribution is 0.158. The van der Waals surface area contributed by atoms with E-state index in [9.17, 15) is 8.42 Å². The molecule has 0 spiro atoms. The van der Waals surface area contributed by atoms with Gasteiger partial charge in [0.15, 0.2) is 0 Å². The molecule has 15 heavy (non-hydrogen) atoms. The van der Waals surface area contributed by atoms with Gasteiger partial charge in [-0.05, 0) is 37.8 Å². The molecule has 1 N–H and O–H groups in total. The van der Waals surface area contributed by atoms with Gasteiger partial charge in [0, 0.05) is 13.1 Å². The third-order valence-corrected chi connectivity index (χ3v) is 5.32. The summed E-state index contributed by atoms with van der Waals surface area (Å²) in [5.41, 5.74) is 0. The zero-order chi connectivity index (χ0) is 10.9. The highest BCUT2D eigenvalue weighted by molar-refractivity contribution is 7.89. The lowest BCUT2D eigenvalue weighted by Gasteiger charge is -2.40. The highest BCUT2D eigenvalue weighted by atomic mass is 32.2. The first-order valence-corrected chi connectivity index (χ1v) is 7.41. The molecule has 2 unspecified atom stereocenters. The Morgan fingerprint density at radius 1 is 1.27 bits per heavy atom. The Bertz CT molecular complexity index is 303. The van der Waals surface area contributed by atoms with Crippen molar-refractivity contribution >= 4 is 10.0 Å². The fourth-order valence-corrected chi connectivity index (χ4v) is 4.32. The van der Waals surface area contributed by atoms with Gasteiger partial charge in [-0.1, -0.05) is 6.92 Å². The van der Waals surface area contributed by atoms with E-state index in [2.05, 4.69) is 5.32 Å². The molecule has 0 aromatic heterocycles. The molecule has 2 heterocycles. The van der Waals surface area contributed by atoms with Gasteiger partial charge in [0.05, 0.1) is 5.75 Å². The Kier molecular flexibility index (Phi) is 3.33. The van der Waals surface area contributed by atoms with Gasteiger partial charge in [-0.25, -0.2) is 12.7 Å². The highest BCUT2D eigenvalue weighted by Crippen LogP contribution is 2.26. The van der Waals surface area contributed by atoms with Crippen LogP contribution in [-0.2, 0) is 10.0 Å². The third kappa shape index (κ3) is 2.52. The lowest BCUT2D eigenvalue weighted by Crippen LogP contribution is -2.53. The average Bonchev–Trinajstić information content (AvgIpc) is 2.17. The number of nitrogens with zero attached hydrogens (tertiary/aromatic N) is 1. The van der Waals surface area contributed by atoms with Crippen LogP contribution >= 0.6 is 0 Å². The number of hydrogen-bond acceptors (Lipinski definition) is 3. The molecule has 2 fully saturated rings. The normalized spacial score (nSPS) is 32.9. The predicted molar refractivity (Wildman–Crippen MR) is 60.1 cm³/mol. The maximum absolute atomic E-state index is 11.9. The van der Waals surface area contributed by atoms with Gasteiger partial charge in [-0.15, -0.1) is 0 Å². The van der Waals surface area contributed by atoms with Crippen molar-refractivity contribution in [2.24, 2.45) is 11.8 Å². The fraction of sp³-hybridized carbons (Fsp3) is 1.00. The van der Waals surface area contributed by atoms with Crippen LogP contribution in [0.5, 0.6) is 0 Å². The van der Waals surface area contributed by atoms with Gasteiger partial charge in [0.2, 0.25) is 10.0 Å². The molecule has 2 atom stereocenters. The molecule has 2 saturated heterocycles. The molecular weight excluding hydrogens is 212 g/mol. The van der Waals surface area contributed by atoms with Crippen LogP contribution in [0.15, 0.2) is 0 Å². The highest BCUT2D eigenvalue weighted by Gasteiger charge is 2.35. The molecular formula is C10H20N2O2S. The number of nitrogens with one attached hydrogen (secondary N) is 1. The SMILES string of the molecule is CCCS(=O)(=O)N1CC2CNCC(C2)C1. The molecule has 2 bridgehead atoms. The van der Waals surface area contributed by atoms with Crippen LogP contribution in [-0.4, -0.2) is 44.7 Å². The fourth-order valence-electron chi connectivity index (χ4n) is 2.67. The van der Waals surface area contributed by atoms with Crippen LogP contribution in [0.4, 0.5) is 0 Å². The topological polar surface area (TPSA) is 49.4 Å². The zero-order valence-corrected chi connectivity index (χ0v) is 10.1. The number of rotatable bonds is 3. The summed E-state index contributed by atoms with van der Waals surface area (Å²) in [5.74, 6) is 1.37. The predicted octanol–water partition coefficient (Wildman–Crippen LogP) is 0.267. The van der Waals surface area contributed by atoms with Crippen molar-refractivity contribution in [2.45, 2.75) is 19.8 Å². The van der Waals surface area contributed by atoms with E-state index < -0.39 is 10.0 Å². The minimum atomic E-state index is -2.97. The largest absolute Gasteiger partial charge is 0.316 e. The van der Waals surface area contributed by atoms with Gasteiger partial charge in [0.1, 0.15) is 0 Å². The molecule has 0 amide bonds. The second-order valence-electron chi connectivity index (χ2n) is 4.76. The van der Waals surface area contributed by atoms with Gasteiger partial charge in [0.25, 0.3) is 0 Å². The first-order chi connectivity index (χ1) is 7.12. The van der Waals surface area contributed by atoms with E-state index in [0.717, 1.165) is 26.2 Å². The van der Waals surface area contributed by atoms with Crippen LogP contribution < -0.4 is 5.32 Å². The van der Waals surface area contributed by atoms with Crippen molar-refractivity contribution in [1.82, 2.24) is 9.62 Å². The second kappa shape index (κ2) is 4.39. The standard InChI is InChI=1S/C10H20N2O2S/c1-2-3-15(13,14)12-7-9-4-10(8-12)6-11-5-9/h9-11H,2-8H2,1H3. The van der Waals surface area contributed by atoms with E-state index in [4.69, 9.17) is 0 Å². The van der Waals surface area contributed by atoms with Crippen molar-refractivity contribution in [3.05, 3.63) is 0 Å². The van der Waals surface area contributed by atoms with E-state index >= 15 is 0 Å². The first kappa shape index (κ1) is 11.4. The number of fused-ring (bicyclic) bond motifs is 2. The summed E-state index contributed by atoms with van der Waals surface area (Å²) in [5, 5.41) is 3.37. The summed E-state index contributed by atoms with van der Waals surface area (Å²) < 4.78 is 25.6. The smallest absolute Gasteiger partial charge is 0.214 e. The van der Waals surface area contributed by atoms with Gasteiger partial charge >= 0.3 is 0 Å². The van der Waals surface area contributed by atoms with E-state index in [1.165, 1.54) is 6.42 Å². The number of sulfonamides is 1. The van der Waals surface area contributed by atoms with Crippen LogP contribution in [0, 0.1) is 11.8 Å². The molecule has 88 valence electrons. The molecule has 5 heteroatoms. The molecule has 4 nitrogen and oxygen atoms in total. The minimum Gasteiger partial charge on any atom is -0.316 e.